The van der Waals surface area contributed by atoms with Crippen molar-refractivity contribution in [1.29, 1.82) is 0 Å². The van der Waals surface area contributed by atoms with Crippen LogP contribution in [0.5, 0.6) is 0 Å². The van der Waals surface area contributed by atoms with E-state index in [1.165, 1.54) is 11.1 Å². The van der Waals surface area contributed by atoms with Crippen molar-refractivity contribution in [3.05, 3.63) is 35.4 Å². The van der Waals surface area contributed by atoms with Crippen molar-refractivity contribution in [3.63, 3.8) is 0 Å². The fourth-order valence-corrected chi connectivity index (χ4v) is 3.72. The average Bonchev–Trinajstić information content (AvgIpc) is 2.61. The smallest absolute Gasteiger partial charge is 0.225 e. The standard InChI is InChI=1S/C19H28N2O2/c1-15-4-3-5-18(14-15)16(2)20-8-6-17(7-9-20)19(22)21-10-12-23-13-11-21/h3-5,14,16-17H,6-13H2,1-2H3/t16-/m1/s1. The van der Waals surface area contributed by atoms with Gasteiger partial charge in [0.2, 0.25) is 5.91 Å². The third kappa shape index (κ3) is 3.93. The van der Waals surface area contributed by atoms with Gasteiger partial charge in [-0.3, -0.25) is 9.69 Å². The first kappa shape index (κ1) is 16.5. The molecule has 23 heavy (non-hydrogen) atoms. The Morgan fingerprint density at radius 3 is 2.52 bits per heavy atom. The molecule has 2 saturated heterocycles. The topological polar surface area (TPSA) is 32.8 Å². The summed E-state index contributed by atoms with van der Waals surface area (Å²) in [5, 5.41) is 0. The van der Waals surface area contributed by atoms with Gasteiger partial charge in [0.25, 0.3) is 0 Å². The van der Waals surface area contributed by atoms with Gasteiger partial charge in [0.1, 0.15) is 0 Å². The lowest BCUT2D eigenvalue weighted by Gasteiger charge is -2.38. The minimum Gasteiger partial charge on any atom is -0.378 e. The Kier molecular flexibility index (Phi) is 5.34. The molecular formula is C19H28N2O2. The Bertz CT molecular complexity index is 532. The molecule has 0 aliphatic carbocycles. The van der Waals surface area contributed by atoms with Crippen LogP contribution in [-0.2, 0) is 9.53 Å². The number of hydrogen-bond donors (Lipinski definition) is 0. The van der Waals surface area contributed by atoms with Crippen molar-refractivity contribution in [2.75, 3.05) is 39.4 Å². The summed E-state index contributed by atoms with van der Waals surface area (Å²) in [6.45, 7) is 9.34. The SMILES string of the molecule is Cc1cccc([C@@H](C)N2CCC(C(=O)N3CCOCC3)CC2)c1. The van der Waals surface area contributed by atoms with Crippen molar-refractivity contribution < 1.29 is 9.53 Å². The van der Waals surface area contributed by atoms with Crippen molar-refractivity contribution in [2.45, 2.75) is 32.7 Å². The highest BCUT2D eigenvalue weighted by Crippen LogP contribution is 2.28. The number of aryl methyl sites for hydroxylation is 1. The lowest BCUT2D eigenvalue weighted by atomic mass is 9.93. The Balaban J connectivity index is 1.54. The van der Waals surface area contributed by atoms with Crippen LogP contribution in [0.25, 0.3) is 0 Å². The molecule has 2 heterocycles. The number of hydrogen-bond acceptors (Lipinski definition) is 3. The molecule has 2 aliphatic rings. The van der Waals surface area contributed by atoms with Gasteiger partial charge < -0.3 is 9.64 Å². The van der Waals surface area contributed by atoms with Gasteiger partial charge in [0.05, 0.1) is 13.2 Å². The molecule has 2 aliphatic heterocycles. The summed E-state index contributed by atoms with van der Waals surface area (Å²) in [4.78, 5) is 17.1. The first-order chi connectivity index (χ1) is 11.1. The lowest BCUT2D eigenvalue weighted by Crippen LogP contribution is -2.47. The highest BCUT2D eigenvalue weighted by molar-refractivity contribution is 5.79. The maximum atomic E-state index is 12.6. The normalized spacial score (nSPS) is 22.1. The second-order valence-electron chi connectivity index (χ2n) is 6.84. The molecule has 0 aromatic heterocycles. The van der Waals surface area contributed by atoms with Crippen LogP contribution in [0.3, 0.4) is 0 Å². The predicted octanol–water partition coefficient (Wildman–Crippen LogP) is 2.63. The zero-order chi connectivity index (χ0) is 16.2. The van der Waals surface area contributed by atoms with E-state index in [9.17, 15) is 4.79 Å². The molecule has 3 rings (SSSR count). The van der Waals surface area contributed by atoms with Crippen LogP contribution in [0.4, 0.5) is 0 Å². The molecular weight excluding hydrogens is 288 g/mol. The quantitative estimate of drug-likeness (QED) is 0.859. The van der Waals surface area contributed by atoms with E-state index in [2.05, 4.69) is 43.0 Å². The molecule has 2 fully saturated rings. The molecule has 1 aromatic rings. The van der Waals surface area contributed by atoms with Gasteiger partial charge in [-0.25, -0.2) is 0 Å². The third-order valence-electron chi connectivity index (χ3n) is 5.27. The molecule has 0 radical (unpaired) electrons. The number of amides is 1. The molecule has 0 N–H and O–H groups in total. The number of ether oxygens (including phenoxy) is 1. The van der Waals surface area contributed by atoms with Crippen LogP contribution in [0.2, 0.25) is 0 Å². The molecule has 4 nitrogen and oxygen atoms in total. The molecule has 126 valence electrons. The summed E-state index contributed by atoms with van der Waals surface area (Å²) >= 11 is 0. The minimum atomic E-state index is 0.203. The number of benzene rings is 1. The van der Waals surface area contributed by atoms with Gasteiger partial charge in [-0.05, 0) is 45.3 Å². The van der Waals surface area contributed by atoms with Gasteiger partial charge in [-0.2, -0.15) is 0 Å². The first-order valence-corrected chi connectivity index (χ1v) is 8.82. The number of carbonyl (C=O) groups is 1. The van der Waals surface area contributed by atoms with Gasteiger partial charge in [0, 0.05) is 25.0 Å². The predicted molar refractivity (Wildman–Crippen MR) is 91.3 cm³/mol. The fourth-order valence-electron chi connectivity index (χ4n) is 3.72. The summed E-state index contributed by atoms with van der Waals surface area (Å²) in [6.07, 6.45) is 1.96. The number of piperidine rings is 1. The number of nitrogens with zero attached hydrogens (tertiary/aromatic N) is 2. The van der Waals surface area contributed by atoms with Crippen molar-refractivity contribution >= 4 is 5.91 Å². The summed E-state index contributed by atoms with van der Waals surface area (Å²) in [5.74, 6) is 0.546. The number of rotatable bonds is 3. The van der Waals surface area contributed by atoms with Crippen LogP contribution in [0, 0.1) is 12.8 Å². The van der Waals surface area contributed by atoms with Crippen molar-refractivity contribution in [2.24, 2.45) is 5.92 Å². The summed E-state index contributed by atoms with van der Waals surface area (Å²) in [7, 11) is 0. The molecule has 0 saturated carbocycles. The van der Waals surface area contributed by atoms with E-state index in [-0.39, 0.29) is 5.92 Å². The van der Waals surface area contributed by atoms with Crippen LogP contribution < -0.4 is 0 Å². The highest BCUT2D eigenvalue weighted by atomic mass is 16.5. The second-order valence-corrected chi connectivity index (χ2v) is 6.84. The lowest BCUT2D eigenvalue weighted by molar-refractivity contribution is -0.141. The molecule has 1 atom stereocenters. The summed E-state index contributed by atoms with van der Waals surface area (Å²) < 4.78 is 5.34. The maximum absolute atomic E-state index is 12.6. The van der Waals surface area contributed by atoms with E-state index >= 15 is 0 Å². The Labute approximate surface area is 139 Å². The van der Waals surface area contributed by atoms with Gasteiger partial charge in [-0.1, -0.05) is 29.8 Å². The van der Waals surface area contributed by atoms with E-state index in [4.69, 9.17) is 4.74 Å². The Morgan fingerprint density at radius 1 is 1.17 bits per heavy atom. The van der Waals surface area contributed by atoms with E-state index < -0.39 is 0 Å². The van der Waals surface area contributed by atoms with Crippen molar-refractivity contribution in [3.8, 4) is 0 Å². The third-order valence-corrected chi connectivity index (χ3v) is 5.27. The zero-order valence-electron chi connectivity index (χ0n) is 14.3. The Hall–Kier alpha value is -1.39. The Morgan fingerprint density at radius 2 is 1.87 bits per heavy atom. The maximum Gasteiger partial charge on any atom is 0.225 e. The fraction of sp³-hybridized carbons (Fsp3) is 0.632. The minimum absolute atomic E-state index is 0.203. The molecule has 0 spiro atoms. The zero-order valence-corrected chi connectivity index (χ0v) is 14.3. The van der Waals surface area contributed by atoms with E-state index in [1.54, 1.807) is 0 Å². The molecule has 0 bridgehead atoms. The van der Waals surface area contributed by atoms with Gasteiger partial charge >= 0.3 is 0 Å². The molecule has 1 aromatic carbocycles. The largest absolute Gasteiger partial charge is 0.378 e. The highest BCUT2D eigenvalue weighted by Gasteiger charge is 2.30. The van der Waals surface area contributed by atoms with E-state index in [1.807, 2.05) is 4.90 Å². The van der Waals surface area contributed by atoms with Gasteiger partial charge in [-0.15, -0.1) is 0 Å². The average molecular weight is 316 g/mol. The molecule has 4 heteroatoms. The monoisotopic (exact) mass is 316 g/mol. The van der Waals surface area contributed by atoms with E-state index in [0.29, 0.717) is 25.2 Å². The number of carbonyl (C=O) groups excluding carboxylic acids is 1. The van der Waals surface area contributed by atoms with Crippen LogP contribution in [0.15, 0.2) is 24.3 Å². The summed E-state index contributed by atoms with van der Waals surface area (Å²) in [6, 6.07) is 9.19. The summed E-state index contributed by atoms with van der Waals surface area (Å²) in [5.41, 5.74) is 2.69. The molecule has 1 amide bonds. The van der Waals surface area contributed by atoms with E-state index in [0.717, 1.165) is 39.0 Å². The van der Waals surface area contributed by atoms with Gasteiger partial charge in [0.15, 0.2) is 0 Å². The number of morpholine rings is 1. The van der Waals surface area contributed by atoms with Crippen LogP contribution in [-0.4, -0.2) is 55.1 Å². The number of likely N-dealkylation sites (tertiary alicyclic amines) is 1. The molecule has 0 unspecified atom stereocenters. The van der Waals surface area contributed by atoms with Crippen molar-refractivity contribution in [1.82, 2.24) is 9.80 Å². The first-order valence-electron chi connectivity index (χ1n) is 8.82. The van der Waals surface area contributed by atoms with Crippen LogP contribution >= 0.6 is 0 Å². The van der Waals surface area contributed by atoms with Crippen LogP contribution in [0.1, 0.15) is 36.9 Å². The second kappa shape index (κ2) is 7.45.